The molecule has 0 spiro atoms. The molecule has 0 heterocycles. The fraction of sp³-hybridized carbons (Fsp3) is 0.0769. The number of aromatic hydroxyl groups is 1. The summed E-state index contributed by atoms with van der Waals surface area (Å²) in [6, 6.07) is 10.5. The third-order valence-corrected chi connectivity index (χ3v) is 3.31. The van der Waals surface area contributed by atoms with Crippen LogP contribution >= 0.6 is 39.1 Å². The predicted octanol–water partition coefficient (Wildman–Crippen LogP) is 5.04. The minimum Gasteiger partial charge on any atom is -0.508 e. The molecule has 94 valence electrons. The van der Waals surface area contributed by atoms with Gasteiger partial charge in [-0.25, -0.2) is 0 Å². The predicted molar refractivity (Wildman–Crippen MR) is 76.6 cm³/mol. The van der Waals surface area contributed by atoms with Gasteiger partial charge in [0.05, 0.1) is 10.0 Å². The van der Waals surface area contributed by atoms with Gasteiger partial charge in [-0.2, -0.15) is 0 Å². The van der Waals surface area contributed by atoms with Gasteiger partial charge in [-0.1, -0.05) is 51.3 Å². The second-order valence-corrected chi connectivity index (χ2v) is 5.39. The number of rotatable bonds is 3. The molecule has 0 atom stereocenters. The molecule has 0 amide bonds. The van der Waals surface area contributed by atoms with Crippen LogP contribution in [0.2, 0.25) is 10.0 Å². The summed E-state index contributed by atoms with van der Waals surface area (Å²) in [6.07, 6.45) is 0. The van der Waals surface area contributed by atoms with Gasteiger partial charge < -0.3 is 9.84 Å². The Balaban J connectivity index is 2.16. The number of benzene rings is 2. The second-order valence-electron chi connectivity index (χ2n) is 3.66. The van der Waals surface area contributed by atoms with E-state index in [-0.39, 0.29) is 15.8 Å². The van der Waals surface area contributed by atoms with E-state index >= 15 is 0 Å². The summed E-state index contributed by atoms with van der Waals surface area (Å²) in [5, 5.41) is 9.88. The minimum atomic E-state index is 0.0137. The molecule has 2 aromatic carbocycles. The molecule has 0 saturated heterocycles. The van der Waals surface area contributed by atoms with Gasteiger partial charge >= 0.3 is 0 Å². The minimum absolute atomic E-state index is 0.0137. The first-order valence-electron chi connectivity index (χ1n) is 5.11. The van der Waals surface area contributed by atoms with Crippen molar-refractivity contribution in [2.75, 3.05) is 0 Å². The van der Waals surface area contributed by atoms with Gasteiger partial charge in [0, 0.05) is 16.6 Å². The smallest absolute Gasteiger partial charge is 0.157 e. The van der Waals surface area contributed by atoms with Crippen molar-refractivity contribution in [3.63, 3.8) is 0 Å². The van der Waals surface area contributed by atoms with E-state index in [1.54, 1.807) is 0 Å². The van der Waals surface area contributed by atoms with Gasteiger partial charge in [0.15, 0.2) is 5.75 Å². The molecule has 2 aromatic rings. The van der Waals surface area contributed by atoms with Crippen molar-refractivity contribution in [2.45, 2.75) is 6.61 Å². The lowest BCUT2D eigenvalue weighted by Gasteiger charge is -2.10. The highest BCUT2D eigenvalue weighted by atomic mass is 79.9. The second kappa shape index (κ2) is 5.83. The molecule has 0 unspecified atom stereocenters. The first kappa shape index (κ1) is 13.5. The molecule has 0 aliphatic carbocycles. The summed E-state index contributed by atoms with van der Waals surface area (Å²) >= 11 is 15.3. The molecule has 0 aromatic heterocycles. The van der Waals surface area contributed by atoms with Crippen LogP contribution in [0.3, 0.4) is 0 Å². The molecule has 0 fully saturated rings. The zero-order valence-corrected chi connectivity index (χ0v) is 12.3. The van der Waals surface area contributed by atoms with Crippen LogP contribution in [0, 0.1) is 0 Å². The normalized spacial score (nSPS) is 10.4. The number of ether oxygens (including phenoxy) is 1. The van der Waals surface area contributed by atoms with Gasteiger partial charge in [0.1, 0.15) is 12.4 Å². The lowest BCUT2D eigenvalue weighted by Crippen LogP contribution is -1.96. The number of halogens is 3. The Bertz CT molecular complexity index is 550. The van der Waals surface area contributed by atoms with Crippen molar-refractivity contribution in [3.05, 3.63) is 56.5 Å². The molecule has 18 heavy (non-hydrogen) atoms. The van der Waals surface area contributed by atoms with E-state index in [0.29, 0.717) is 12.4 Å². The van der Waals surface area contributed by atoms with Crippen LogP contribution in [0.15, 0.2) is 40.9 Å². The molecule has 0 aliphatic heterocycles. The van der Waals surface area contributed by atoms with Crippen molar-refractivity contribution >= 4 is 39.1 Å². The molecule has 5 heteroatoms. The first-order valence-corrected chi connectivity index (χ1v) is 6.66. The van der Waals surface area contributed by atoms with Crippen LogP contribution in [0.5, 0.6) is 11.5 Å². The van der Waals surface area contributed by atoms with E-state index < -0.39 is 0 Å². The Morgan fingerprint density at radius 1 is 1.11 bits per heavy atom. The Morgan fingerprint density at radius 2 is 1.78 bits per heavy atom. The highest BCUT2D eigenvalue weighted by molar-refractivity contribution is 9.10. The fourth-order valence-corrected chi connectivity index (χ4v) is 2.50. The van der Waals surface area contributed by atoms with E-state index in [1.807, 2.05) is 24.3 Å². The van der Waals surface area contributed by atoms with Crippen molar-refractivity contribution in [1.29, 1.82) is 0 Å². The zero-order chi connectivity index (χ0) is 13.1. The standard InChI is InChI=1S/C13H9BrCl2O2/c14-9-3-1-2-8(4-9)7-18-13-11(15)5-10(17)6-12(13)16/h1-6,17H,7H2. The average molecular weight is 348 g/mol. The number of phenolic OH excluding ortho intramolecular Hbond substituents is 1. The molecular formula is C13H9BrCl2O2. The van der Waals surface area contributed by atoms with Crippen LogP contribution in [-0.2, 0) is 6.61 Å². The summed E-state index contributed by atoms with van der Waals surface area (Å²) in [6.45, 7) is 0.351. The fourth-order valence-electron chi connectivity index (χ4n) is 1.47. The third-order valence-electron chi connectivity index (χ3n) is 2.26. The quantitative estimate of drug-likeness (QED) is 0.842. The van der Waals surface area contributed by atoms with Gasteiger partial charge in [-0.05, 0) is 17.7 Å². The van der Waals surface area contributed by atoms with Crippen molar-refractivity contribution in [1.82, 2.24) is 0 Å². The van der Waals surface area contributed by atoms with Crippen LogP contribution in [0.4, 0.5) is 0 Å². The molecular weight excluding hydrogens is 339 g/mol. The van der Waals surface area contributed by atoms with E-state index in [1.165, 1.54) is 12.1 Å². The maximum Gasteiger partial charge on any atom is 0.157 e. The zero-order valence-electron chi connectivity index (χ0n) is 9.16. The Labute approximate surface area is 123 Å². The summed E-state index contributed by atoms with van der Waals surface area (Å²) < 4.78 is 6.55. The molecule has 0 saturated carbocycles. The molecule has 0 bridgehead atoms. The van der Waals surface area contributed by atoms with Crippen molar-refractivity contribution in [3.8, 4) is 11.5 Å². The summed E-state index contributed by atoms with van der Waals surface area (Å²) in [4.78, 5) is 0. The van der Waals surface area contributed by atoms with Crippen molar-refractivity contribution < 1.29 is 9.84 Å². The topological polar surface area (TPSA) is 29.5 Å². The maximum atomic E-state index is 9.31. The summed E-state index contributed by atoms with van der Waals surface area (Å²) in [5.41, 5.74) is 0.990. The van der Waals surface area contributed by atoms with E-state index in [4.69, 9.17) is 27.9 Å². The molecule has 2 nitrogen and oxygen atoms in total. The SMILES string of the molecule is Oc1cc(Cl)c(OCc2cccc(Br)c2)c(Cl)c1. The van der Waals surface area contributed by atoms with E-state index in [9.17, 15) is 5.11 Å². The number of hydrogen-bond acceptors (Lipinski definition) is 2. The largest absolute Gasteiger partial charge is 0.508 e. The molecule has 1 N–H and O–H groups in total. The highest BCUT2D eigenvalue weighted by Gasteiger charge is 2.09. The Hall–Kier alpha value is -0.900. The summed E-state index contributed by atoms with van der Waals surface area (Å²) in [7, 11) is 0. The monoisotopic (exact) mass is 346 g/mol. The van der Waals surface area contributed by atoms with Gasteiger partial charge in [0.25, 0.3) is 0 Å². The van der Waals surface area contributed by atoms with E-state index in [0.717, 1.165) is 10.0 Å². The lowest BCUT2D eigenvalue weighted by atomic mass is 10.2. The Morgan fingerprint density at radius 3 is 2.39 bits per heavy atom. The highest BCUT2D eigenvalue weighted by Crippen LogP contribution is 2.36. The first-order chi connectivity index (χ1) is 8.56. The number of phenols is 1. The van der Waals surface area contributed by atoms with Crippen LogP contribution in [-0.4, -0.2) is 5.11 Å². The van der Waals surface area contributed by atoms with E-state index in [2.05, 4.69) is 15.9 Å². The van der Waals surface area contributed by atoms with Crippen molar-refractivity contribution in [2.24, 2.45) is 0 Å². The maximum absolute atomic E-state index is 9.31. The average Bonchev–Trinajstić information content (AvgIpc) is 2.27. The van der Waals surface area contributed by atoms with Gasteiger partial charge in [-0.15, -0.1) is 0 Å². The van der Waals surface area contributed by atoms with Gasteiger partial charge in [0.2, 0.25) is 0 Å². The summed E-state index contributed by atoms with van der Waals surface area (Å²) in [5.74, 6) is 0.385. The molecule has 0 radical (unpaired) electrons. The van der Waals surface area contributed by atoms with Crippen LogP contribution in [0.1, 0.15) is 5.56 Å². The van der Waals surface area contributed by atoms with Crippen LogP contribution < -0.4 is 4.74 Å². The van der Waals surface area contributed by atoms with Gasteiger partial charge in [-0.3, -0.25) is 0 Å². The Kier molecular flexibility index (Phi) is 4.38. The molecule has 0 aliphatic rings. The molecule has 2 rings (SSSR count). The van der Waals surface area contributed by atoms with Crippen LogP contribution in [0.25, 0.3) is 0 Å². The number of hydrogen-bond donors (Lipinski definition) is 1. The lowest BCUT2D eigenvalue weighted by molar-refractivity contribution is 0.306. The third kappa shape index (κ3) is 3.31.